The van der Waals surface area contributed by atoms with Crippen LogP contribution < -0.4 is 4.74 Å². The first kappa shape index (κ1) is 8.84. The monoisotopic (exact) mass is 213 g/mol. The Morgan fingerprint density at radius 2 is 2.00 bits per heavy atom. The summed E-state index contributed by atoms with van der Waals surface area (Å²) >= 11 is 0. The number of rotatable bonds is 2. The molecule has 2 heterocycles. The van der Waals surface area contributed by atoms with Crippen molar-refractivity contribution >= 4 is 11.2 Å². The number of ether oxygens (including phenoxy) is 1. The van der Waals surface area contributed by atoms with Crippen molar-refractivity contribution < 1.29 is 9.15 Å². The summed E-state index contributed by atoms with van der Waals surface area (Å²) in [6, 6.07) is 9.29. The Bertz CT molecular complexity index is 574. The molecule has 0 bridgehead atoms. The van der Waals surface area contributed by atoms with Crippen LogP contribution in [-0.4, -0.2) is 15.0 Å². The van der Waals surface area contributed by atoms with Crippen molar-refractivity contribution in [2.45, 2.75) is 0 Å². The highest BCUT2D eigenvalue weighted by molar-refractivity contribution is 5.66. The van der Waals surface area contributed by atoms with E-state index in [1.807, 2.05) is 30.3 Å². The zero-order valence-electron chi connectivity index (χ0n) is 8.20. The molecule has 0 aliphatic rings. The van der Waals surface area contributed by atoms with Crippen LogP contribution in [0.4, 0.5) is 0 Å². The fourth-order valence-electron chi connectivity index (χ4n) is 1.30. The van der Waals surface area contributed by atoms with E-state index in [2.05, 4.69) is 15.0 Å². The van der Waals surface area contributed by atoms with Gasteiger partial charge in [0, 0.05) is 0 Å². The molecule has 0 spiro atoms. The molecule has 78 valence electrons. The van der Waals surface area contributed by atoms with Gasteiger partial charge < -0.3 is 9.15 Å². The Morgan fingerprint density at radius 3 is 2.81 bits per heavy atom. The molecule has 0 unspecified atom stereocenters. The van der Waals surface area contributed by atoms with Crippen LogP contribution in [0, 0.1) is 0 Å². The lowest BCUT2D eigenvalue weighted by Crippen LogP contribution is -1.82. The highest BCUT2D eigenvalue weighted by Gasteiger charge is 2.07. The van der Waals surface area contributed by atoms with E-state index in [0.717, 1.165) is 0 Å². The molecule has 0 fully saturated rings. The molecule has 0 saturated heterocycles. The number of hydrogen-bond acceptors (Lipinski definition) is 5. The fourth-order valence-corrected chi connectivity index (χ4v) is 1.30. The van der Waals surface area contributed by atoms with Gasteiger partial charge in [-0.2, -0.15) is 9.97 Å². The van der Waals surface area contributed by atoms with Crippen LogP contribution >= 0.6 is 0 Å². The SMILES string of the molecule is c1ccc(Oc2nc3cncnc3o2)cc1. The van der Waals surface area contributed by atoms with Crippen LogP contribution in [0.1, 0.15) is 0 Å². The lowest BCUT2D eigenvalue weighted by Gasteiger charge is -1.97. The predicted octanol–water partition coefficient (Wildman–Crippen LogP) is 2.41. The minimum Gasteiger partial charge on any atom is -0.411 e. The summed E-state index contributed by atoms with van der Waals surface area (Å²) in [4.78, 5) is 11.9. The molecule has 5 nitrogen and oxygen atoms in total. The van der Waals surface area contributed by atoms with Gasteiger partial charge in [-0.25, -0.2) is 4.98 Å². The van der Waals surface area contributed by atoms with Gasteiger partial charge in [-0.05, 0) is 12.1 Å². The van der Waals surface area contributed by atoms with Gasteiger partial charge in [-0.1, -0.05) is 18.2 Å². The summed E-state index contributed by atoms with van der Waals surface area (Å²) in [5, 5.41) is 0. The normalized spacial score (nSPS) is 10.5. The Hall–Kier alpha value is -2.43. The zero-order chi connectivity index (χ0) is 10.8. The minimum atomic E-state index is 0.168. The van der Waals surface area contributed by atoms with E-state index in [0.29, 0.717) is 17.0 Å². The summed E-state index contributed by atoms with van der Waals surface area (Å²) in [6.07, 6.45) is 3.14. The summed E-state index contributed by atoms with van der Waals surface area (Å²) in [6.45, 7) is 0. The Balaban J connectivity index is 1.95. The largest absolute Gasteiger partial charge is 0.411 e. The van der Waals surface area contributed by atoms with Crippen LogP contribution in [0.15, 0.2) is 47.3 Å². The second kappa shape index (κ2) is 3.62. The maximum absolute atomic E-state index is 5.42. The molecular formula is C11H7N3O2. The highest BCUT2D eigenvalue weighted by atomic mass is 16.6. The molecule has 0 aliphatic heterocycles. The zero-order valence-corrected chi connectivity index (χ0v) is 8.20. The van der Waals surface area contributed by atoms with Crippen molar-refractivity contribution in [3.05, 3.63) is 42.9 Å². The molecule has 16 heavy (non-hydrogen) atoms. The van der Waals surface area contributed by atoms with Gasteiger partial charge in [0.1, 0.15) is 12.1 Å². The van der Waals surface area contributed by atoms with E-state index in [1.165, 1.54) is 6.33 Å². The van der Waals surface area contributed by atoms with Gasteiger partial charge in [0.15, 0.2) is 5.52 Å². The van der Waals surface area contributed by atoms with Crippen LogP contribution in [0.25, 0.3) is 11.2 Å². The molecule has 0 atom stereocenters. The van der Waals surface area contributed by atoms with Gasteiger partial charge in [-0.3, -0.25) is 0 Å². The van der Waals surface area contributed by atoms with Crippen molar-refractivity contribution in [1.82, 2.24) is 15.0 Å². The maximum atomic E-state index is 5.42. The first-order valence-electron chi connectivity index (χ1n) is 4.71. The molecule has 0 aliphatic carbocycles. The lowest BCUT2D eigenvalue weighted by molar-refractivity contribution is 0.341. The smallest absolute Gasteiger partial charge is 0.401 e. The standard InChI is InChI=1S/C11H7N3O2/c1-2-4-8(5-3-1)15-11-14-9-6-12-7-13-10(9)16-11/h1-7H. The minimum absolute atomic E-state index is 0.168. The molecule has 3 rings (SSSR count). The average Bonchev–Trinajstić information content (AvgIpc) is 2.72. The summed E-state index contributed by atoms with van der Waals surface area (Å²) < 4.78 is 10.7. The van der Waals surface area contributed by atoms with Gasteiger partial charge in [0.05, 0.1) is 6.20 Å². The lowest BCUT2D eigenvalue weighted by atomic mass is 10.3. The Morgan fingerprint density at radius 1 is 1.12 bits per heavy atom. The molecular weight excluding hydrogens is 206 g/mol. The van der Waals surface area contributed by atoms with Crippen molar-refractivity contribution in [2.75, 3.05) is 0 Å². The summed E-state index contributed by atoms with van der Waals surface area (Å²) in [5.74, 6) is 0.669. The van der Waals surface area contributed by atoms with E-state index in [9.17, 15) is 0 Å². The molecule has 3 aromatic rings. The number of benzene rings is 1. The van der Waals surface area contributed by atoms with Gasteiger partial charge in [0.2, 0.25) is 0 Å². The molecule has 1 aromatic carbocycles. The molecule has 0 amide bonds. The van der Waals surface area contributed by atoms with Gasteiger partial charge >= 0.3 is 6.08 Å². The van der Waals surface area contributed by atoms with Crippen molar-refractivity contribution in [3.8, 4) is 11.8 Å². The molecule has 0 N–H and O–H groups in total. The number of para-hydroxylation sites is 1. The van der Waals surface area contributed by atoms with Gasteiger partial charge in [-0.15, -0.1) is 0 Å². The van der Waals surface area contributed by atoms with E-state index in [1.54, 1.807) is 6.20 Å². The third-order valence-corrected chi connectivity index (χ3v) is 2.00. The van der Waals surface area contributed by atoms with Crippen molar-refractivity contribution in [2.24, 2.45) is 0 Å². The predicted molar refractivity (Wildman–Crippen MR) is 56.1 cm³/mol. The summed E-state index contributed by atoms with van der Waals surface area (Å²) in [7, 11) is 0. The third kappa shape index (κ3) is 1.58. The summed E-state index contributed by atoms with van der Waals surface area (Å²) in [5.41, 5.74) is 0.995. The second-order valence-electron chi connectivity index (χ2n) is 3.11. The number of fused-ring (bicyclic) bond motifs is 1. The maximum Gasteiger partial charge on any atom is 0.401 e. The highest BCUT2D eigenvalue weighted by Crippen LogP contribution is 2.22. The van der Waals surface area contributed by atoms with Gasteiger partial charge in [0.25, 0.3) is 5.71 Å². The van der Waals surface area contributed by atoms with E-state index in [-0.39, 0.29) is 6.08 Å². The fraction of sp³-hybridized carbons (Fsp3) is 0. The van der Waals surface area contributed by atoms with Crippen LogP contribution in [-0.2, 0) is 0 Å². The van der Waals surface area contributed by atoms with Crippen molar-refractivity contribution in [3.63, 3.8) is 0 Å². The number of oxazole rings is 1. The number of nitrogens with zero attached hydrogens (tertiary/aromatic N) is 3. The molecule has 0 radical (unpaired) electrons. The van der Waals surface area contributed by atoms with Crippen LogP contribution in [0.5, 0.6) is 11.8 Å². The molecule has 0 saturated carbocycles. The number of aromatic nitrogens is 3. The van der Waals surface area contributed by atoms with E-state index in [4.69, 9.17) is 9.15 Å². The van der Waals surface area contributed by atoms with Crippen LogP contribution in [0.2, 0.25) is 0 Å². The molecule has 5 heteroatoms. The average molecular weight is 213 g/mol. The first-order valence-corrected chi connectivity index (χ1v) is 4.71. The molecule has 2 aromatic heterocycles. The quantitative estimate of drug-likeness (QED) is 0.654. The Kier molecular flexibility index (Phi) is 2.00. The van der Waals surface area contributed by atoms with E-state index >= 15 is 0 Å². The van der Waals surface area contributed by atoms with Crippen LogP contribution in [0.3, 0.4) is 0 Å². The third-order valence-electron chi connectivity index (χ3n) is 2.00. The Labute approximate surface area is 90.7 Å². The number of hydrogen-bond donors (Lipinski definition) is 0. The topological polar surface area (TPSA) is 61.0 Å². The second-order valence-corrected chi connectivity index (χ2v) is 3.11. The van der Waals surface area contributed by atoms with E-state index < -0.39 is 0 Å². The first-order chi connectivity index (χ1) is 7.92. The van der Waals surface area contributed by atoms with Crippen molar-refractivity contribution in [1.29, 1.82) is 0 Å².